The maximum absolute atomic E-state index is 9.82. The molecule has 86 valence electrons. The first-order valence-corrected chi connectivity index (χ1v) is 5.23. The van der Waals surface area contributed by atoms with Crippen LogP contribution in [-0.2, 0) is 7.05 Å². The maximum Gasteiger partial charge on any atom is 0.163 e. The van der Waals surface area contributed by atoms with Crippen molar-refractivity contribution in [2.24, 2.45) is 7.05 Å². The van der Waals surface area contributed by atoms with E-state index in [1.807, 2.05) is 27.8 Å². The Balaban J connectivity index is 2.73. The maximum atomic E-state index is 9.82. The van der Waals surface area contributed by atoms with Crippen LogP contribution in [0.5, 0.6) is 5.75 Å². The zero-order valence-electron chi connectivity index (χ0n) is 10.2. The van der Waals surface area contributed by atoms with Crippen LogP contribution >= 0.6 is 0 Å². The molecule has 0 bridgehead atoms. The second-order valence-electron chi connectivity index (χ2n) is 4.26. The molecule has 1 unspecified atom stereocenters. The average Bonchev–Trinajstić information content (AvgIpc) is 2.39. The molecule has 1 aromatic heterocycles. The van der Waals surface area contributed by atoms with Crippen molar-refractivity contribution in [2.45, 2.75) is 39.7 Å². The Kier molecular flexibility index (Phi) is 3.39. The third-order valence-electron chi connectivity index (χ3n) is 2.73. The van der Waals surface area contributed by atoms with Crippen LogP contribution in [0.25, 0.3) is 0 Å². The van der Waals surface area contributed by atoms with Gasteiger partial charge in [-0.3, -0.25) is 4.68 Å². The van der Waals surface area contributed by atoms with Crippen molar-refractivity contribution in [3.8, 4) is 5.75 Å². The number of hydrogen-bond donors (Lipinski definition) is 1. The average molecular weight is 212 g/mol. The smallest absolute Gasteiger partial charge is 0.163 e. The van der Waals surface area contributed by atoms with Crippen LogP contribution < -0.4 is 4.74 Å². The van der Waals surface area contributed by atoms with Crippen LogP contribution in [0.1, 0.15) is 31.7 Å². The Morgan fingerprint density at radius 2 is 2.07 bits per heavy atom. The summed E-state index contributed by atoms with van der Waals surface area (Å²) in [6.45, 7) is 7.87. The lowest BCUT2D eigenvalue weighted by molar-refractivity contribution is 0.00805. The number of aryl methyl sites for hydroxylation is 2. The Bertz CT molecular complexity index is 343. The van der Waals surface area contributed by atoms with Crippen LogP contribution in [-0.4, -0.2) is 27.1 Å². The van der Waals surface area contributed by atoms with Crippen molar-refractivity contribution in [3.63, 3.8) is 0 Å². The van der Waals surface area contributed by atoms with Gasteiger partial charge in [0.25, 0.3) is 0 Å². The van der Waals surface area contributed by atoms with Gasteiger partial charge in [0, 0.05) is 7.05 Å². The minimum Gasteiger partial charge on any atom is -0.487 e. The van der Waals surface area contributed by atoms with Gasteiger partial charge in [0.15, 0.2) is 5.75 Å². The summed E-state index contributed by atoms with van der Waals surface area (Å²) in [4.78, 5) is 0. The Hall–Kier alpha value is -1.03. The molecule has 4 heteroatoms. The summed E-state index contributed by atoms with van der Waals surface area (Å²) in [5.74, 6) is 0.784. The highest BCUT2D eigenvalue weighted by atomic mass is 16.5. The van der Waals surface area contributed by atoms with E-state index < -0.39 is 5.60 Å². The van der Waals surface area contributed by atoms with Crippen molar-refractivity contribution in [3.05, 3.63) is 11.4 Å². The predicted octanol–water partition coefficient (Wildman–Crippen LogP) is 1.58. The molecule has 1 aromatic rings. The lowest BCUT2D eigenvalue weighted by atomic mass is 10.1. The van der Waals surface area contributed by atoms with Gasteiger partial charge in [-0.05, 0) is 27.2 Å². The van der Waals surface area contributed by atoms with E-state index in [0.29, 0.717) is 13.0 Å². The van der Waals surface area contributed by atoms with Crippen molar-refractivity contribution in [1.82, 2.24) is 9.78 Å². The first kappa shape index (κ1) is 12.0. The van der Waals surface area contributed by atoms with E-state index in [4.69, 9.17) is 4.74 Å². The standard InChI is InChI=1S/C11H20N2O2/c1-6-11(4,14)7-15-10-8(2)12-13(5)9(10)3/h14H,6-7H2,1-5H3. The third-order valence-corrected chi connectivity index (χ3v) is 2.73. The predicted molar refractivity (Wildman–Crippen MR) is 59.1 cm³/mol. The molecule has 0 spiro atoms. The summed E-state index contributed by atoms with van der Waals surface area (Å²) in [6, 6.07) is 0. The second kappa shape index (κ2) is 4.23. The van der Waals surface area contributed by atoms with Gasteiger partial charge in [-0.2, -0.15) is 5.10 Å². The number of nitrogens with zero attached hydrogens (tertiary/aromatic N) is 2. The molecule has 1 atom stereocenters. The highest BCUT2D eigenvalue weighted by Crippen LogP contribution is 2.23. The summed E-state index contributed by atoms with van der Waals surface area (Å²) in [5, 5.41) is 14.1. The first-order chi connectivity index (χ1) is 6.87. The van der Waals surface area contributed by atoms with Crippen molar-refractivity contribution in [2.75, 3.05) is 6.61 Å². The van der Waals surface area contributed by atoms with E-state index in [1.54, 1.807) is 11.6 Å². The fraction of sp³-hybridized carbons (Fsp3) is 0.727. The largest absolute Gasteiger partial charge is 0.487 e. The van der Waals surface area contributed by atoms with Crippen molar-refractivity contribution in [1.29, 1.82) is 0 Å². The monoisotopic (exact) mass is 212 g/mol. The normalized spacial score (nSPS) is 15.1. The number of rotatable bonds is 4. The quantitative estimate of drug-likeness (QED) is 0.824. The molecular weight excluding hydrogens is 192 g/mol. The number of ether oxygens (including phenoxy) is 1. The SMILES string of the molecule is CCC(C)(O)COc1c(C)nn(C)c1C. The molecule has 0 aliphatic heterocycles. The lowest BCUT2D eigenvalue weighted by Gasteiger charge is -2.21. The second-order valence-corrected chi connectivity index (χ2v) is 4.26. The molecule has 0 amide bonds. The van der Waals surface area contributed by atoms with E-state index in [1.165, 1.54) is 0 Å². The zero-order chi connectivity index (χ0) is 11.6. The fourth-order valence-corrected chi connectivity index (χ4v) is 1.29. The Morgan fingerprint density at radius 1 is 1.47 bits per heavy atom. The summed E-state index contributed by atoms with van der Waals surface area (Å²) >= 11 is 0. The summed E-state index contributed by atoms with van der Waals surface area (Å²) < 4.78 is 7.39. The molecule has 1 N–H and O–H groups in total. The van der Waals surface area contributed by atoms with Crippen LogP contribution in [0.15, 0.2) is 0 Å². The van der Waals surface area contributed by atoms with E-state index in [-0.39, 0.29) is 0 Å². The minimum absolute atomic E-state index is 0.302. The van der Waals surface area contributed by atoms with Crippen LogP contribution in [0.4, 0.5) is 0 Å². The van der Waals surface area contributed by atoms with E-state index in [0.717, 1.165) is 17.1 Å². The summed E-state index contributed by atoms with van der Waals surface area (Å²) in [7, 11) is 1.88. The van der Waals surface area contributed by atoms with Gasteiger partial charge < -0.3 is 9.84 Å². The molecule has 15 heavy (non-hydrogen) atoms. The molecule has 0 aromatic carbocycles. The van der Waals surface area contributed by atoms with Crippen LogP contribution in [0.2, 0.25) is 0 Å². The van der Waals surface area contributed by atoms with Gasteiger partial charge in [-0.15, -0.1) is 0 Å². The van der Waals surface area contributed by atoms with E-state index in [2.05, 4.69) is 5.10 Å². The highest BCUT2D eigenvalue weighted by Gasteiger charge is 2.20. The van der Waals surface area contributed by atoms with Crippen LogP contribution in [0, 0.1) is 13.8 Å². The fourth-order valence-electron chi connectivity index (χ4n) is 1.29. The summed E-state index contributed by atoms with van der Waals surface area (Å²) in [5.41, 5.74) is 1.08. The number of hydrogen-bond acceptors (Lipinski definition) is 3. The number of aromatic nitrogens is 2. The Labute approximate surface area is 90.9 Å². The molecule has 0 radical (unpaired) electrons. The van der Waals surface area contributed by atoms with E-state index >= 15 is 0 Å². The van der Waals surface area contributed by atoms with Gasteiger partial charge in [0.2, 0.25) is 0 Å². The summed E-state index contributed by atoms with van der Waals surface area (Å²) in [6.07, 6.45) is 0.672. The molecule has 0 aliphatic rings. The highest BCUT2D eigenvalue weighted by molar-refractivity contribution is 5.31. The van der Waals surface area contributed by atoms with Gasteiger partial charge >= 0.3 is 0 Å². The van der Waals surface area contributed by atoms with Crippen molar-refractivity contribution >= 4 is 0 Å². The van der Waals surface area contributed by atoms with E-state index in [9.17, 15) is 5.11 Å². The van der Waals surface area contributed by atoms with Gasteiger partial charge in [-0.25, -0.2) is 0 Å². The Morgan fingerprint density at radius 3 is 2.47 bits per heavy atom. The van der Waals surface area contributed by atoms with Crippen LogP contribution in [0.3, 0.4) is 0 Å². The minimum atomic E-state index is -0.769. The molecular formula is C11H20N2O2. The van der Waals surface area contributed by atoms with Gasteiger partial charge in [0.1, 0.15) is 12.3 Å². The number of aliphatic hydroxyl groups is 1. The molecule has 0 saturated carbocycles. The molecule has 0 aliphatic carbocycles. The van der Waals surface area contributed by atoms with Crippen molar-refractivity contribution < 1.29 is 9.84 Å². The molecule has 0 saturated heterocycles. The topological polar surface area (TPSA) is 47.3 Å². The first-order valence-electron chi connectivity index (χ1n) is 5.23. The van der Waals surface area contributed by atoms with Gasteiger partial charge in [-0.1, -0.05) is 6.92 Å². The molecule has 4 nitrogen and oxygen atoms in total. The zero-order valence-corrected chi connectivity index (χ0v) is 10.2. The third kappa shape index (κ3) is 2.72. The molecule has 1 rings (SSSR count). The molecule has 0 fully saturated rings. The molecule has 1 heterocycles. The van der Waals surface area contributed by atoms with Gasteiger partial charge in [0.05, 0.1) is 11.3 Å². The lowest BCUT2D eigenvalue weighted by Crippen LogP contribution is -2.31.